The molecule has 8 atom stereocenters. The fourth-order valence-electron chi connectivity index (χ4n) is 6.54. The van der Waals surface area contributed by atoms with Gasteiger partial charge in [-0.3, -0.25) is 38.4 Å². The summed E-state index contributed by atoms with van der Waals surface area (Å²) in [6.07, 6.45) is 6.57. The van der Waals surface area contributed by atoms with E-state index in [1.54, 1.807) is 34.6 Å². The standard InChI is InChI=1S/C45H81N5O12/c1-10-30(7)39(47)44(58)48-34(20-18-19-23-46)43(57)50-40(28(3)4)35(52)24-31(8)42(56)49-41(29(5)6)36(53)25-32(26-51)45(59)62-33(11-2)27-61-38(55)22-17-15-13-12-14-16-21-37(54)60-9/h28-34,39-41,51H,10-27,46-47H2,1-9H3,(H,48,58)(H,49,56)(H,50,57)/t30?,31-,32+,33?,34+,39+,40+,41+/m1/s1. The van der Waals surface area contributed by atoms with Gasteiger partial charge in [-0.2, -0.15) is 0 Å². The van der Waals surface area contributed by atoms with E-state index in [-0.39, 0.29) is 37.3 Å². The molecule has 0 bridgehead atoms. The van der Waals surface area contributed by atoms with E-state index in [0.29, 0.717) is 51.5 Å². The van der Waals surface area contributed by atoms with E-state index in [1.807, 2.05) is 13.8 Å². The van der Waals surface area contributed by atoms with Crippen LogP contribution in [0.3, 0.4) is 0 Å². The van der Waals surface area contributed by atoms with Crippen molar-refractivity contribution in [1.29, 1.82) is 0 Å². The minimum Gasteiger partial charge on any atom is -0.469 e. The SMILES string of the molecule is CCC(COC(=O)CCCCCCCCC(=O)OC)OC(=O)[C@H](CO)CC(=O)[C@@H](NC(=O)[C@H](C)CC(=O)[C@@H](NC(=O)[C@H](CCCCN)NC(=O)[C@@H](N)C(C)CC)C(C)C)C(C)C. The molecule has 17 heteroatoms. The second-order valence-corrected chi connectivity index (χ2v) is 17.2. The number of ether oxygens (including phenoxy) is 3. The van der Waals surface area contributed by atoms with Crippen LogP contribution in [0.1, 0.15) is 152 Å². The highest BCUT2D eigenvalue weighted by molar-refractivity contribution is 5.96. The number of hydrogen-bond acceptors (Lipinski definition) is 14. The van der Waals surface area contributed by atoms with E-state index in [2.05, 4.69) is 20.7 Å². The van der Waals surface area contributed by atoms with E-state index in [9.17, 15) is 43.5 Å². The molecule has 0 aliphatic heterocycles. The topological polar surface area (TPSA) is 273 Å². The Kier molecular flexibility index (Phi) is 30.6. The second kappa shape index (κ2) is 32.7. The Morgan fingerprint density at radius 2 is 1.18 bits per heavy atom. The lowest BCUT2D eigenvalue weighted by Gasteiger charge is -2.28. The summed E-state index contributed by atoms with van der Waals surface area (Å²) in [5.74, 6) is -7.05. The van der Waals surface area contributed by atoms with Gasteiger partial charge in [0.15, 0.2) is 11.6 Å². The van der Waals surface area contributed by atoms with Crippen LogP contribution in [0.15, 0.2) is 0 Å². The molecule has 17 nitrogen and oxygen atoms in total. The average Bonchev–Trinajstić information content (AvgIpc) is 3.23. The largest absolute Gasteiger partial charge is 0.469 e. The number of carbonyl (C=O) groups is 8. The first-order chi connectivity index (χ1) is 29.3. The molecule has 0 rings (SSSR count). The predicted molar refractivity (Wildman–Crippen MR) is 235 cm³/mol. The van der Waals surface area contributed by atoms with Gasteiger partial charge in [-0.15, -0.1) is 0 Å². The summed E-state index contributed by atoms with van der Waals surface area (Å²) in [4.78, 5) is 104. The Morgan fingerprint density at radius 1 is 0.645 bits per heavy atom. The van der Waals surface area contributed by atoms with Gasteiger partial charge in [0.05, 0.1) is 37.8 Å². The Balaban J connectivity index is 5.34. The van der Waals surface area contributed by atoms with Crippen LogP contribution >= 0.6 is 0 Å². The monoisotopic (exact) mass is 884 g/mol. The fraction of sp³-hybridized carbons (Fsp3) is 0.822. The van der Waals surface area contributed by atoms with Gasteiger partial charge in [-0.25, -0.2) is 0 Å². The van der Waals surface area contributed by atoms with Gasteiger partial charge in [-0.1, -0.05) is 87.5 Å². The molecule has 0 aliphatic rings. The van der Waals surface area contributed by atoms with Crippen molar-refractivity contribution in [2.24, 2.45) is 41.1 Å². The number of esters is 3. The van der Waals surface area contributed by atoms with Gasteiger partial charge in [0, 0.05) is 31.6 Å². The van der Waals surface area contributed by atoms with E-state index in [0.717, 1.165) is 32.1 Å². The lowest BCUT2D eigenvalue weighted by atomic mass is 9.90. The number of hydrogen-bond donors (Lipinski definition) is 6. The minimum absolute atomic E-state index is 0.113. The van der Waals surface area contributed by atoms with Crippen molar-refractivity contribution in [3.63, 3.8) is 0 Å². The van der Waals surface area contributed by atoms with Crippen LogP contribution in [0, 0.1) is 29.6 Å². The van der Waals surface area contributed by atoms with Crippen LogP contribution in [-0.2, 0) is 52.6 Å². The summed E-state index contributed by atoms with van der Waals surface area (Å²) in [7, 11) is 1.36. The molecule has 0 saturated heterocycles. The van der Waals surface area contributed by atoms with Crippen molar-refractivity contribution in [2.45, 2.75) is 182 Å². The number of methoxy groups -OCH3 is 1. The molecule has 3 amide bonds. The number of carbonyl (C=O) groups excluding carboxylic acids is 8. The summed E-state index contributed by atoms with van der Waals surface area (Å²) in [5, 5.41) is 18.3. The highest BCUT2D eigenvalue weighted by Crippen LogP contribution is 2.18. The molecule has 0 radical (unpaired) electrons. The molecule has 0 saturated carbocycles. The predicted octanol–water partition coefficient (Wildman–Crippen LogP) is 3.58. The Hall–Kier alpha value is -3.96. The number of unbranched alkanes of at least 4 members (excludes halogenated alkanes) is 6. The maximum Gasteiger partial charge on any atom is 0.312 e. The summed E-state index contributed by atoms with van der Waals surface area (Å²) < 4.78 is 15.5. The number of Topliss-reactive ketones (excluding diaryl/α,β-unsaturated/α-hetero) is 2. The van der Waals surface area contributed by atoms with Crippen molar-refractivity contribution in [3.05, 3.63) is 0 Å². The number of ketones is 2. The summed E-state index contributed by atoms with van der Waals surface area (Å²) in [6.45, 7) is 13.5. The Bertz CT molecular complexity index is 1390. The first-order valence-corrected chi connectivity index (χ1v) is 22.7. The van der Waals surface area contributed by atoms with Crippen LogP contribution in [0.4, 0.5) is 0 Å². The molecule has 0 fully saturated rings. The zero-order valence-corrected chi connectivity index (χ0v) is 39.1. The lowest BCUT2D eigenvalue weighted by Crippen LogP contribution is -2.56. The normalized spacial score (nSPS) is 15.3. The number of aliphatic hydroxyl groups is 1. The van der Waals surface area contributed by atoms with Crippen molar-refractivity contribution in [1.82, 2.24) is 16.0 Å². The van der Waals surface area contributed by atoms with Gasteiger partial charge < -0.3 is 46.7 Å². The molecule has 62 heavy (non-hydrogen) atoms. The summed E-state index contributed by atoms with van der Waals surface area (Å²) >= 11 is 0. The van der Waals surface area contributed by atoms with E-state index < -0.39 is 102 Å². The van der Waals surface area contributed by atoms with E-state index in [4.69, 9.17) is 20.9 Å². The summed E-state index contributed by atoms with van der Waals surface area (Å²) in [6, 6.07) is -3.79. The van der Waals surface area contributed by atoms with E-state index >= 15 is 0 Å². The number of aliphatic hydroxyl groups excluding tert-OH is 1. The highest BCUT2D eigenvalue weighted by Gasteiger charge is 2.35. The highest BCUT2D eigenvalue weighted by atomic mass is 16.6. The number of nitrogens with one attached hydrogen (secondary N) is 3. The molecule has 0 aromatic carbocycles. The third-order valence-corrected chi connectivity index (χ3v) is 11.1. The van der Waals surface area contributed by atoms with Gasteiger partial charge in [0.1, 0.15) is 18.8 Å². The van der Waals surface area contributed by atoms with Crippen molar-refractivity contribution < 1.29 is 57.7 Å². The lowest BCUT2D eigenvalue weighted by molar-refractivity contribution is -0.164. The zero-order valence-electron chi connectivity index (χ0n) is 39.1. The molecule has 0 heterocycles. The summed E-state index contributed by atoms with van der Waals surface area (Å²) in [5.41, 5.74) is 11.8. The van der Waals surface area contributed by atoms with Crippen molar-refractivity contribution in [3.8, 4) is 0 Å². The first kappa shape index (κ1) is 58.0. The molecular weight excluding hydrogens is 803 g/mol. The molecule has 358 valence electrons. The van der Waals surface area contributed by atoms with Crippen LogP contribution in [0.2, 0.25) is 0 Å². The van der Waals surface area contributed by atoms with Crippen LogP contribution in [0.5, 0.6) is 0 Å². The Labute approximate surface area is 370 Å². The third-order valence-electron chi connectivity index (χ3n) is 11.1. The van der Waals surface area contributed by atoms with E-state index in [1.165, 1.54) is 14.0 Å². The van der Waals surface area contributed by atoms with Gasteiger partial charge in [-0.05, 0) is 62.8 Å². The molecule has 2 unspecified atom stereocenters. The molecule has 0 aromatic heterocycles. The molecular formula is C45H81N5O12. The molecule has 0 aliphatic carbocycles. The molecule has 0 spiro atoms. The fourth-order valence-corrected chi connectivity index (χ4v) is 6.54. The molecule has 0 aromatic rings. The maximum atomic E-state index is 13.6. The first-order valence-electron chi connectivity index (χ1n) is 22.7. The number of amides is 3. The second-order valence-electron chi connectivity index (χ2n) is 17.2. The quantitative estimate of drug-likeness (QED) is 0.0302. The third kappa shape index (κ3) is 23.5. The van der Waals surface area contributed by atoms with Crippen LogP contribution in [0.25, 0.3) is 0 Å². The van der Waals surface area contributed by atoms with Gasteiger partial charge >= 0.3 is 17.9 Å². The van der Waals surface area contributed by atoms with Gasteiger partial charge in [0.25, 0.3) is 0 Å². The number of rotatable bonds is 35. The zero-order chi connectivity index (χ0) is 47.4. The maximum absolute atomic E-state index is 13.6. The average molecular weight is 884 g/mol. The smallest absolute Gasteiger partial charge is 0.312 e. The molecule has 8 N–H and O–H groups in total. The Morgan fingerprint density at radius 3 is 1.68 bits per heavy atom. The van der Waals surface area contributed by atoms with Gasteiger partial charge in [0.2, 0.25) is 17.7 Å². The minimum atomic E-state index is -1.23. The van der Waals surface area contributed by atoms with Crippen molar-refractivity contribution in [2.75, 3.05) is 26.9 Å². The van der Waals surface area contributed by atoms with Crippen molar-refractivity contribution >= 4 is 47.2 Å². The van der Waals surface area contributed by atoms with Crippen LogP contribution < -0.4 is 27.4 Å². The number of nitrogens with two attached hydrogens (primary N) is 2. The van der Waals surface area contributed by atoms with Crippen LogP contribution in [-0.4, -0.2) is 109 Å².